The molecule has 4 aliphatic rings. The topological polar surface area (TPSA) is 117 Å². The highest BCUT2D eigenvalue weighted by Gasteiger charge is 2.34. The number of carboxylic acids is 1. The zero-order valence-electron chi connectivity index (χ0n) is 21.5. The molecule has 1 N–H and O–H groups in total. The minimum Gasteiger partial charge on any atom is -0.478 e. The van der Waals surface area contributed by atoms with Gasteiger partial charge in [0.25, 0.3) is 0 Å². The summed E-state index contributed by atoms with van der Waals surface area (Å²) in [5, 5.41) is 11.9. The number of fused-ring (bicyclic) bond motifs is 2. The standard InChI is InChI=1S/C29H26N2O5.CO2/c1-17-13-30(14-17)19-7-9-23-25(11-19)36-26-12-20(31-15-18(16-31)29(34)35-2)8-10-24(26)27(23)21-5-3-4-6-22(21)28(32)33;2-1-3/h3-12,17-18H,13-16H2,1-2H3;/p+1. The third-order valence-corrected chi connectivity index (χ3v) is 7.33. The summed E-state index contributed by atoms with van der Waals surface area (Å²) in [6, 6.07) is 19.2. The van der Waals surface area contributed by atoms with Crippen LogP contribution in [-0.4, -0.2) is 56.5 Å². The molecule has 3 aliphatic heterocycles. The summed E-state index contributed by atoms with van der Waals surface area (Å²) in [6.07, 6.45) is 0.250. The lowest BCUT2D eigenvalue weighted by molar-refractivity contribution is -0.191. The number of carboxylic acid groups (broad SMARTS) is 1. The molecule has 6 rings (SSSR count). The number of carbonyl (C=O) groups is 2. The lowest BCUT2D eigenvalue weighted by Crippen LogP contribution is -2.50. The normalized spacial score (nSPS) is 16.5. The molecular formula is C30H27N2O7+. The summed E-state index contributed by atoms with van der Waals surface area (Å²) in [4.78, 5) is 42.3. The molecule has 0 spiro atoms. The molecule has 1 aliphatic carbocycles. The molecular weight excluding hydrogens is 500 g/mol. The van der Waals surface area contributed by atoms with E-state index in [-0.39, 0.29) is 23.6 Å². The van der Waals surface area contributed by atoms with Crippen molar-refractivity contribution in [3.8, 4) is 22.5 Å². The number of hydrogen-bond donors (Lipinski definition) is 1. The molecule has 0 atom stereocenters. The van der Waals surface area contributed by atoms with Gasteiger partial charge in [0.15, 0.2) is 13.1 Å². The van der Waals surface area contributed by atoms with E-state index < -0.39 is 5.97 Å². The van der Waals surface area contributed by atoms with Gasteiger partial charge in [0.1, 0.15) is 11.3 Å². The zero-order chi connectivity index (χ0) is 27.7. The van der Waals surface area contributed by atoms with Gasteiger partial charge in [0, 0.05) is 47.4 Å². The van der Waals surface area contributed by atoms with Crippen LogP contribution in [0, 0.1) is 11.8 Å². The maximum atomic E-state index is 12.1. The van der Waals surface area contributed by atoms with Crippen molar-refractivity contribution < 1.29 is 33.4 Å². The van der Waals surface area contributed by atoms with E-state index in [0.717, 1.165) is 40.6 Å². The molecule has 2 saturated heterocycles. The average Bonchev–Trinajstić information content (AvgIpc) is 2.89. The molecule has 2 aromatic rings. The zero-order valence-corrected chi connectivity index (χ0v) is 21.5. The van der Waals surface area contributed by atoms with Crippen molar-refractivity contribution in [3.05, 3.63) is 71.6 Å². The average molecular weight is 528 g/mol. The smallest absolute Gasteiger partial charge is 0.373 e. The minimum atomic E-state index is -0.968. The van der Waals surface area contributed by atoms with E-state index in [1.165, 1.54) is 7.11 Å². The fraction of sp³-hybridized carbons (Fsp3) is 0.267. The number of carbonyl (C=O) groups excluding carboxylic acids is 3. The number of anilines is 1. The van der Waals surface area contributed by atoms with Gasteiger partial charge in [-0.2, -0.15) is 9.59 Å². The second-order valence-electron chi connectivity index (χ2n) is 9.91. The van der Waals surface area contributed by atoms with Gasteiger partial charge in [-0.15, -0.1) is 0 Å². The third-order valence-electron chi connectivity index (χ3n) is 7.33. The molecule has 39 heavy (non-hydrogen) atoms. The highest BCUT2D eigenvalue weighted by atomic mass is 16.5. The predicted molar refractivity (Wildman–Crippen MR) is 142 cm³/mol. The van der Waals surface area contributed by atoms with Crippen molar-refractivity contribution in [3.63, 3.8) is 0 Å². The van der Waals surface area contributed by atoms with Crippen molar-refractivity contribution in [2.24, 2.45) is 11.8 Å². The Balaban J connectivity index is 0.000000983. The van der Waals surface area contributed by atoms with Crippen LogP contribution >= 0.6 is 0 Å². The van der Waals surface area contributed by atoms with Gasteiger partial charge >= 0.3 is 18.1 Å². The summed E-state index contributed by atoms with van der Waals surface area (Å²) in [6.45, 7) is 5.44. The Morgan fingerprint density at radius 2 is 1.74 bits per heavy atom. The first-order valence-corrected chi connectivity index (χ1v) is 12.6. The second kappa shape index (κ2) is 10.6. The maximum absolute atomic E-state index is 12.1. The van der Waals surface area contributed by atoms with Crippen molar-refractivity contribution in [1.82, 2.24) is 4.58 Å². The highest BCUT2D eigenvalue weighted by Crippen LogP contribution is 2.42. The van der Waals surface area contributed by atoms with Crippen molar-refractivity contribution in [2.75, 3.05) is 38.2 Å². The summed E-state index contributed by atoms with van der Waals surface area (Å²) < 4.78 is 13.6. The molecule has 2 aromatic carbocycles. The van der Waals surface area contributed by atoms with Gasteiger partial charge in [-0.1, -0.05) is 25.1 Å². The molecule has 9 heteroatoms. The van der Waals surface area contributed by atoms with E-state index in [1.807, 2.05) is 36.4 Å². The Morgan fingerprint density at radius 1 is 1.03 bits per heavy atom. The molecule has 198 valence electrons. The van der Waals surface area contributed by atoms with Gasteiger partial charge in [-0.25, -0.2) is 9.37 Å². The monoisotopic (exact) mass is 527 g/mol. The fourth-order valence-electron chi connectivity index (χ4n) is 5.35. The molecule has 2 fully saturated rings. The Hall–Kier alpha value is -4.75. The van der Waals surface area contributed by atoms with Crippen LogP contribution in [0.2, 0.25) is 0 Å². The van der Waals surface area contributed by atoms with E-state index in [2.05, 4.69) is 28.5 Å². The first-order valence-electron chi connectivity index (χ1n) is 12.6. The van der Waals surface area contributed by atoms with E-state index in [1.54, 1.807) is 12.1 Å². The van der Waals surface area contributed by atoms with Crippen LogP contribution in [-0.2, 0) is 19.1 Å². The summed E-state index contributed by atoms with van der Waals surface area (Å²) in [5.74, 6) is 0.0925. The van der Waals surface area contributed by atoms with Crippen LogP contribution in [0.15, 0.2) is 65.1 Å². The maximum Gasteiger partial charge on any atom is 0.373 e. The number of ether oxygens (including phenoxy) is 1. The predicted octanol–water partition coefficient (Wildman–Crippen LogP) is 3.35. The number of rotatable bonds is 4. The van der Waals surface area contributed by atoms with Gasteiger partial charge in [0.05, 0.1) is 30.6 Å². The molecule has 0 saturated carbocycles. The van der Waals surface area contributed by atoms with Gasteiger partial charge in [-0.3, -0.25) is 4.79 Å². The van der Waals surface area contributed by atoms with Gasteiger partial charge < -0.3 is 19.2 Å². The Bertz CT molecular complexity index is 1650. The molecule has 3 heterocycles. The Kier molecular flexibility index (Phi) is 7.00. The molecule has 0 radical (unpaired) electrons. The first-order chi connectivity index (χ1) is 18.8. The molecule has 0 unspecified atom stereocenters. The van der Waals surface area contributed by atoms with E-state index >= 15 is 0 Å². The van der Waals surface area contributed by atoms with Crippen LogP contribution in [0.25, 0.3) is 33.4 Å². The highest BCUT2D eigenvalue weighted by molar-refractivity contribution is 6.07. The van der Waals surface area contributed by atoms with Crippen molar-refractivity contribution >= 4 is 34.7 Å². The molecule has 0 amide bonds. The second-order valence-corrected chi connectivity index (χ2v) is 9.91. The van der Waals surface area contributed by atoms with Crippen LogP contribution in [0.4, 0.5) is 5.69 Å². The minimum absolute atomic E-state index is 0.126. The first kappa shape index (κ1) is 25.9. The summed E-state index contributed by atoms with van der Waals surface area (Å²) in [7, 11) is 1.41. The molecule has 9 nitrogen and oxygen atoms in total. The van der Waals surface area contributed by atoms with Crippen LogP contribution in [0.1, 0.15) is 17.3 Å². The number of hydrogen-bond acceptors (Lipinski definition) is 7. The van der Waals surface area contributed by atoms with Crippen LogP contribution in [0.5, 0.6) is 0 Å². The summed E-state index contributed by atoms with van der Waals surface area (Å²) in [5.41, 5.74) is 4.25. The SMILES string of the molecule is COC(=O)C1CN(c2ccc3c(-c4ccccc4C(=O)O)c4ccc(=[N+]5CC(C)C5)cc-4oc3c2)C1.O=C=O. The third kappa shape index (κ3) is 4.80. The number of esters is 1. The van der Waals surface area contributed by atoms with Crippen LogP contribution in [0.3, 0.4) is 0 Å². The number of nitrogens with zero attached hydrogens (tertiary/aromatic N) is 2. The van der Waals surface area contributed by atoms with Gasteiger partial charge in [-0.05, 0) is 29.8 Å². The Labute approximate surface area is 223 Å². The Morgan fingerprint density at radius 3 is 2.41 bits per heavy atom. The van der Waals surface area contributed by atoms with Crippen molar-refractivity contribution in [1.29, 1.82) is 0 Å². The molecule has 0 aromatic heterocycles. The van der Waals surface area contributed by atoms with E-state index in [0.29, 0.717) is 35.9 Å². The quantitative estimate of drug-likeness (QED) is 0.244. The lowest BCUT2D eigenvalue weighted by atomic mass is 9.90. The fourth-order valence-corrected chi connectivity index (χ4v) is 5.35. The largest absolute Gasteiger partial charge is 0.478 e. The van der Waals surface area contributed by atoms with Gasteiger partial charge in [0.2, 0.25) is 5.36 Å². The van der Waals surface area contributed by atoms with E-state index in [4.69, 9.17) is 18.7 Å². The molecule has 0 bridgehead atoms. The number of benzene rings is 3. The van der Waals surface area contributed by atoms with Crippen LogP contribution < -0.4 is 14.8 Å². The van der Waals surface area contributed by atoms with E-state index in [9.17, 15) is 14.7 Å². The summed E-state index contributed by atoms with van der Waals surface area (Å²) >= 11 is 0. The van der Waals surface area contributed by atoms with Crippen molar-refractivity contribution in [2.45, 2.75) is 6.92 Å². The number of aromatic carboxylic acids is 1. The number of methoxy groups -OCH3 is 1. The lowest BCUT2D eigenvalue weighted by Gasteiger charge is -2.39.